The summed E-state index contributed by atoms with van der Waals surface area (Å²) >= 11 is 0. The predicted molar refractivity (Wildman–Crippen MR) is 67.9 cm³/mol. The monoisotopic (exact) mass is 240 g/mol. The minimum atomic E-state index is -0.477. The van der Waals surface area contributed by atoms with Crippen molar-refractivity contribution in [3.63, 3.8) is 0 Å². The van der Waals surface area contributed by atoms with Crippen LogP contribution in [0.4, 0.5) is 0 Å². The zero-order valence-electron chi connectivity index (χ0n) is 11.5. The van der Waals surface area contributed by atoms with Gasteiger partial charge in [-0.3, -0.25) is 0 Å². The van der Waals surface area contributed by atoms with Crippen molar-refractivity contribution in [1.82, 2.24) is 9.55 Å². The molecule has 4 heteroatoms. The zero-order valence-corrected chi connectivity index (χ0v) is 11.5. The molecule has 0 saturated carbocycles. The first-order valence-corrected chi connectivity index (χ1v) is 6.12. The highest BCUT2D eigenvalue weighted by atomic mass is 16.5. The van der Waals surface area contributed by atoms with E-state index < -0.39 is 6.10 Å². The summed E-state index contributed by atoms with van der Waals surface area (Å²) in [7, 11) is 1.70. The molecular formula is C13H24N2O2. The highest BCUT2D eigenvalue weighted by Crippen LogP contribution is 2.25. The molecule has 0 fully saturated rings. The average molecular weight is 240 g/mol. The molecule has 0 radical (unpaired) electrons. The first kappa shape index (κ1) is 14.2. The Morgan fingerprint density at radius 1 is 1.47 bits per heavy atom. The number of nitrogens with zero attached hydrogens (tertiary/aromatic N) is 2. The van der Waals surface area contributed by atoms with Gasteiger partial charge in [0.2, 0.25) is 0 Å². The molecule has 0 saturated heterocycles. The van der Waals surface area contributed by atoms with Gasteiger partial charge >= 0.3 is 0 Å². The highest BCUT2D eigenvalue weighted by molar-refractivity contribution is 5.04. The molecule has 1 N–H and O–H groups in total. The average Bonchev–Trinajstić information content (AvgIpc) is 2.75. The van der Waals surface area contributed by atoms with Gasteiger partial charge in [0.25, 0.3) is 0 Å². The summed E-state index contributed by atoms with van der Waals surface area (Å²) in [6.07, 6.45) is 4.52. The van der Waals surface area contributed by atoms with Crippen LogP contribution in [-0.4, -0.2) is 27.4 Å². The number of aliphatic hydroxyl groups is 1. The van der Waals surface area contributed by atoms with Crippen molar-refractivity contribution < 1.29 is 9.84 Å². The highest BCUT2D eigenvalue weighted by Gasteiger charge is 2.21. The summed E-state index contributed by atoms with van der Waals surface area (Å²) in [6, 6.07) is 0.317. The maximum absolute atomic E-state index is 10.2. The quantitative estimate of drug-likeness (QED) is 0.831. The van der Waals surface area contributed by atoms with Gasteiger partial charge in [-0.25, -0.2) is 4.98 Å². The Balaban J connectivity index is 2.64. The van der Waals surface area contributed by atoms with Gasteiger partial charge in [0, 0.05) is 13.2 Å². The molecule has 0 aliphatic rings. The molecule has 0 aliphatic heterocycles. The lowest BCUT2D eigenvalue weighted by molar-refractivity contribution is 0.00202. The van der Waals surface area contributed by atoms with Gasteiger partial charge in [-0.05, 0) is 40.5 Å². The van der Waals surface area contributed by atoms with E-state index in [4.69, 9.17) is 4.74 Å². The third kappa shape index (κ3) is 3.82. The SMILES string of the molecule is COC(C)(C)CCC(O)c1cncn1C(C)C. The van der Waals surface area contributed by atoms with Crippen molar-refractivity contribution in [2.45, 2.75) is 58.3 Å². The Labute approximate surface area is 104 Å². The van der Waals surface area contributed by atoms with Crippen LogP contribution in [0.3, 0.4) is 0 Å². The molecule has 1 aromatic heterocycles. The first-order chi connectivity index (χ1) is 7.87. The molecular weight excluding hydrogens is 216 g/mol. The Bertz CT molecular complexity index is 345. The van der Waals surface area contributed by atoms with Crippen LogP contribution in [0, 0.1) is 0 Å². The first-order valence-electron chi connectivity index (χ1n) is 6.12. The van der Waals surface area contributed by atoms with Gasteiger partial charge in [0.05, 0.1) is 29.9 Å². The lowest BCUT2D eigenvalue weighted by Gasteiger charge is -2.24. The topological polar surface area (TPSA) is 47.3 Å². The van der Waals surface area contributed by atoms with Crippen molar-refractivity contribution in [3.05, 3.63) is 18.2 Å². The van der Waals surface area contributed by atoms with E-state index in [1.807, 2.05) is 18.4 Å². The van der Waals surface area contributed by atoms with E-state index in [0.29, 0.717) is 12.5 Å². The van der Waals surface area contributed by atoms with Gasteiger partial charge in [-0.2, -0.15) is 0 Å². The maximum Gasteiger partial charge on any atom is 0.0957 e. The lowest BCUT2D eigenvalue weighted by Crippen LogP contribution is -2.23. The summed E-state index contributed by atoms with van der Waals surface area (Å²) in [5.41, 5.74) is 0.691. The Morgan fingerprint density at radius 3 is 2.65 bits per heavy atom. The fraction of sp³-hybridized carbons (Fsp3) is 0.769. The van der Waals surface area contributed by atoms with Gasteiger partial charge < -0.3 is 14.4 Å². The van der Waals surface area contributed by atoms with E-state index in [-0.39, 0.29) is 5.60 Å². The van der Waals surface area contributed by atoms with Crippen LogP contribution >= 0.6 is 0 Å². The van der Waals surface area contributed by atoms with E-state index in [1.165, 1.54) is 0 Å². The van der Waals surface area contributed by atoms with Crippen LogP contribution in [0.5, 0.6) is 0 Å². The Morgan fingerprint density at radius 2 is 2.12 bits per heavy atom. The number of aromatic nitrogens is 2. The number of methoxy groups -OCH3 is 1. The van der Waals surface area contributed by atoms with Crippen LogP contribution in [-0.2, 0) is 4.74 Å². The van der Waals surface area contributed by atoms with E-state index in [1.54, 1.807) is 19.6 Å². The molecule has 4 nitrogen and oxygen atoms in total. The van der Waals surface area contributed by atoms with Gasteiger partial charge in [-0.1, -0.05) is 0 Å². The summed E-state index contributed by atoms with van der Waals surface area (Å²) in [4.78, 5) is 4.10. The normalized spacial score (nSPS) is 14.3. The number of ether oxygens (including phenoxy) is 1. The molecule has 0 amide bonds. The second kappa shape index (κ2) is 5.65. The summed E-state index contributed by atoms with van der Waals surface area (Å²) in [5.74, 6) is 0. The number of rotatable bonds is 6. The van der Waals surface area contributed by atoms with E-state index in [0.717, 1.165) is 12.1 Å². The van der Waals surface area contributed by atoms with Crippen LogP contribution in [0.15, 0.2) is 12.5 Å². The predicted octanol–water partition coefficient (Wildman–Crippen LogP) is 2.70. The second-order valence-corrected chi connectivity index (χ2v) is 5.34. The van der Waals surface area contributed by atoms with Crippen LogP contribution in [0.2, 0.25) is 0 Å². The fourth-order valence-electron chi connectivity index (χ4n) is 1.74. The third-order valence-corrected chi connectivity index (χ3v) is 3.17. The summed E-state index contributed by atoms with van der Waals surface area (Å²) in [6.45, 7) is 8.22. The molecule has 1 unspecified atom stereocenters. The summed E-state index contributed by atoms with van der Waals surface area (Å²) < 4.78 is 7.35. The number of hydrogen-bond donors (Lipinski definition) is 1. The molecule has 0 bridgehead atoms. The third-order valence-electron chi connectivity index (χ3n) is 3.17. The zero-order chi connectivity index (χ0) is 13.1. The molecule has 1 aromatic rings. The minimum absolute atomic E-state index is 0.191. The molecule has 17 heavy (non-hydrogen) atoms. The van der Waals surface area contributed by atoms with Gasteiger partial charge in [0.1, 0.15) is 0 Å². The Kier molecular flexibility index (Phi) is 4.71. The van der Waals surface area contributed by atoms with Crippen molar-refractivity contribution in [2.75, 3.05) is 7.11 Å². The van der Waals surface area contributed by atoms with E-state index in [9.17, 15) is 5.11 Å². The molecule has 1 atom stereocenters. The number of aliphatic hydroxyl groups excluding tert-OH is 1. The number of hydrogen-bond acceptors (Lipinski definition) is 3. The van der Waals surface area contributed by atoms with Gasteiger partial charge in [-0.15, -0.1) is 0 Å². The smallest absolute Gasteiger partial charge is 0.0957 e. The lowest BCUT2D eigenvalue weighted by atomic mass is 9.99. The fourth-order valence-corrected chi connectivity index (χ4v) is 1.74. The molecule has 0 aromatic carbocycles. The van der Waals surface area contributed by atoms with Crippen LogP contribution in [0.25, 0.3) is 0 Å². The largest absolute Gasteiger partial charge is 0.387 e. The molecule has 1 rings (SSSR count). The maximum atomic E-state index is 10.2. The number of imidazole rings is 1. The van der Waals surface area contributed by atoms with Crippen LogP contribution in [0.1, 0.15) is 58.4 Å². The molecule has 0 spiro atoms. The van der Waals surface area contributed by atoms with Crippen molar-refractivity contribution in [1.29, 1.82) is 0 Å². The van der Waals surface area contributed by atoms with E-state index in [2.05, 4.69) is 18.8 Å². The summed E-state index contributed by atoms with van der Waals surface area (Å²) in [5, 5.41) is 10.2. The Hall–Kier alpha value is -0.870. The second-order valence-electron chi connectivity index (χ2n) is 5.34. The van der Waals surface area contributed by atoms with Gasteiger partial charge in [0.15, 0.2) is 0 Å². The molecule has 0 aliphatic carbocycles. The van der Waals surface area contributed by atoms with Crippen LogP contribution < -0.4 is 0 Å². The minimum Gasteiger partial charge on any atom is -0.387 e. The van der Waals surface area contributed by atoms with E-state index >= 15 is 0 Å². The van der Waals surface area contributed by atoms with Crippen molar-refractivity contribution in [2.24, 2.45) is 0 Å². The van der Waals surface area contributed by atoms with Crippen molar-refractivity contribution in [3.8, 4) is 0 Å². The molecule has 98 valence electrons. The molecule has 1 heterocycles. The standard InChI is InChI=1S/C13H24N2O2/c1-10(2)15-9-14-8-11(15)12(16)6-7-13(3,4)17-5/h8-10,12,16H,6-7H2,1-5H3. The van der Waals surface area contributed by atoms with Crippen molar-refractivity contribution >= 4 is 0 Å².